The minimum absolute atomic E-state index is 0.219. The Labute approximate surface area is 115 Å². The average molecular weight is 316 g/mol. The molecule has 1 aromatic heterocycles. The van der Waals surface area contributed by atoms with Crippen LogP contribution in [0.2, 0.25) is 0 Å². The average Bonchev–Trinajstić information content (AvgIpc) is 2.69. The molecule has 1 unspecified atom stereocenters. The molecule has 1 aliphatic heterocycles. The number of hydrogen-bond donors (Lipinski definition) is 0. The summed E-state index contributed by atoms with van der Waals surface area (Å²) in [6.07, 6.45) is 2.36. The highest BCUT2D eigenvalue weighted by molar-refractivity contribution is 9.09. The second-order valence-corrected chi connectivity index (χ2v) is 6.67. The topological polar surface area (TPSA) is 20.3 Å². The predicted octanol–water partition coefficient (Wildman–Crippen LogP) is 3.61. The van der Waals surface area contributed by atoms with Crippen LogP contribution in [0.5, 0.6) is 0 Å². The molecule has 0 aliphatic carbocycles. The van der Waals surface area contributed by atoms with Crippen LogP contribution >= 0.6 is 27.3 Å². The van der Waals surface area contributed by atoms with Crippen molar-refractivity contribution in [1.29, 1.82) is 0 Å². The molecule has 0 aromatic carbocycles. The summed E-state index contributed by atoms with van der Waals surface area (Å²) in [5.41, 5.74) is 1.23. The van der Waals surface area contributed by atoms with Crippen LogP contribution < -0.4 is 0 Å². The number of thiophene rings is 1. The fourth-order valence-corrected chi connectivity index (χ4v) is 3.74. The molecule has 0 spiro atoms. The van der Waals surface area contributed by atoms with E-state index in [9.17, 15) is 4.79 Å². The summed E-state index contributed by atoms with van der Waals surface area (Å²) in [6.45, 7) is 5.97. The maximum atomic E-state index is 12.3. The van der Waals surface area contributed by atoms with Crippen LogP contribution in [0.3, 0.4) is 0 Å². The van der Waals surface area contributed by atoms with Gasteiger partial charge in [0.2, 0.25) is 0 Å². The van der Waals surface area contributed by atoms with Gasteiger partial charge in [-0.25, -0.2) is 0 Å². The summed E-state index contributed by atoms with van der Waals surface area (Å²) in [5, 5.41) is 0.999. The Kier molecular flexibility index (Phi) is 4.26. The number of nitrogens with zero attached hydrogens (tertiary/aromatic N) is 1. The van der Waals surface area contributed by atoms with Crippen molar-refractivity contribution in [2.75, 3.05) is 18.4 Å². The zero-order chi connectivity index (χ0) is 12.4. The van der Waals surface area contributed by atoms with Crippen LogP contribution in [0.4, 0.5) is 0 Å². The molecular formula is C13H18BrNOS. The molecule has 0 radical (unpaired) electrons. The number of halogens is 1. The number of likely N-dealkylation sites (tertiary alicyclic amines) is 1. The van der Waals surface area contributed by atoms with Gasteiger partial charge in [0.05, 0.1) is 4.88 Å². The Morgan fingerprint density at radius 2 is 2.35 bits per heavy atom. The SMILES string of the molecule is Cc1cc(C(=O)N2CCCC(CBr)C2)sc1C. The van der Waals surface area contributed by atoms with Gasteiger partial charge in [-0.3, -0.25) is 4.79 Å². The molecule has 1 saturated heterocycles. The molecule has 1 aliphatic rings. The first-order chi connectivity index (χ1) is 8.11. The Morgan fingerprint density at radius 3 is 2.94 bits per heavy atom. The summed E-state index contributed by atoms with van der Waals surface area (Å²) < 4.78 is 0. The van der Waals surface area contributed by atoms with E-state index in [-0.39, 0.29) is 5.91 Å². The molecule has 4 heteroatoms. The van der Waals surface area contributed by atoms with Crippen molar-refractivity contribution in [1.82, 2.24) is 4.90 Å². The lowest BCUT2D eigenvalue weighted by molar-refractivity contribution is 0.0691. The summed E-state index contributed by atoms with van der Waals surface area (Å²) in [5.74, 6) is 0.840. The first-order valence-corrected chi connectivity index (χ1v) is 7.98. The van der Waals surface area contributed by atoms with Crippen molar-refractivity contribution < 1.29 is 4.79 Å². The number of alkyl halides is 1. The number of piperidine rings is 1. The third kappa shape index (κ3) is 2.91. The highest BCUT2D eigenvalue weighted by Crippen LogP contribution is 2.25. The zero-order valence-electron chi connectivity index (χ0n) is 10.3. The van der Waals surface area contributed by atoms with E-state index in [2.05, 4.69) is 29.8 Å². The van der Waals surface area contributed by atoms with E-state index in [0.29, 0.717) is 5.92 Å². The van der Waals surface area contributed by atoms with E-state index >= 15 is 0 Å². The lowest BCUT2D eigenvalue weighted by Gasteiger charge is -2.31. The van der Waals surface area contributed by atoms with Gasteiger partial charge < -0.3 is 4.90 Å². The monoisotopic (exact) mass is 315 g/mol. The van der Waals surface area contributed by atoms with E-state index < -0.39 is 0 Å². The molecule has 2 nitrogen and oxygen atoms in total. The van der Waals surface area contributed by atoms with Crippen LogP contribution in [0.25, 0.3) is 0 Å². The van der Waals surface area contributed by atoms with Gasteiger partial charge in [0.1, 0.15) is 0 Å². The van der Waals surface area contributed by atoms with E-state index in [1.165, 1.54) is 16.9 Å². The summed E-state index contributed by atoms with van der Waals surface area (Å²) >= 11 is 5.15. The fraction of sp³-hybridized carbons (Fsp3) is 0.615. The minimum atomic E-state index is 0.219. The number of carbonyl (C=O) groups excluding carboxylic acids is 1. The molecule has 2 heterocycles. The number of rotatable bonds is 2. The van der Waals surface area contributed by atoms with Gasteiger partial charge in [0, 0.05) is 23.3 Å². The van der Waals surface area contributed by atoms with Crippen molar-refractivity contribution in [3.8, 4) is 0 Å². The third-order valence-corrected chi connectivity index (χ3v) is 5.46. The summed E-state index contributed by atoms with van der Waals surface area (Å²) in [6, 6.07) is 2.03. The Balaban J connectivity index is 2.09. The lowest BCUT2D eigenvalue weighted by atomic mass is 10.00. The number of amides is 1. The first kappa shape index (κ1) is 13.1. The van der Waals surface area contributed by atoms with Crippen LogP contribution in [0.1, 0.15) is 33.0 Å². The maximum Gasteiger partial charge on any atom is 0.263 e. The largest absolute Gasteiger partial charge is 0.338 e. The molecule has 0 bridgehead atoms. The minimum Gasteiger partial charge on any atom is -0.338 e. The zero-order valence-corrected chi connectivity index (χ0v) is 12.7. The van der Waals surface area contributed by atoms with Gasteiger partial charge in [-0.15, -0.1) is 11.3 Å². The number of aryl methyl sites for hydroxylation is 2. The van der Waals surface area contributed by atoms with Gasteiger partial charge >= 0.3 is 0 Å². The predicted molar refractivity (Wildman–Crippen MR) is 76.2 cm³/mol. The molecule has 2 rings (SSSR count). The van der Waals surface area contributed by atoms with E-state index in [0.717, 1.165) is 29.7 Å². The Bertz CT molecular complexity index is 396. The van der Waals surface area contributed by atoms with Crippen molar-refractivity contribution in [2.24, 2.45) is 5.92 Å². The van der Waals surface area contributed by atoms with Gasteiger partial charge in [-0.1, -0.05) is 15.9 Å². The van der Waals surface area contributed by atoms with Crippen molar-refractivity contribution in [2.45, 2.75) is 26.7 Å². The highest BCUT2D eigenvalue weighted by Gasteiger charge is 2.24. The van der Waals surface area contributed by atoms with Gasteiger partial charge in [0.25, 0.3) is 5.91 Å². The quantitative estimate of drug-likeness (QED) is 0.763. The molecule has 0 saturated carbocycles. The van der Waals surface area contributed by atoms with Crippen LogP contribution in [-0.2, 0) is 0 Å². The normalized spacial score (nSPS) is 20.6. The lowest BCUT2D eigenvalue weighted by Crippen LogP contribution is -2.40. The highest BCUT2D eigenvalue weighted by atomic mass is 79.9. The Hall–Kier alpha value is -0.350. The standard InChI is InChI=1S/C13H18BrNOS/c1-9-6-12(17-10(9)2)13(16)15-5-3-4-11(7-14)8-15/h6,11H,3-5,7-8H2,1-2H3. The van der Waals surface area contributed by atoms with E-state index in [1.54, 1.807) is 11.3 Å². The van der Waals surface area contributed by atoms with E-state index in [1.807, 2.05) is 11.0 Å². The van der Waals surface area contributed by atoms with Gasteiger partial charge in [-0.05, 0) is 44.2 Å². The summed E-state index contributed by atoms with van der Waals surface area (Å²) in [4.78, 5) is 16.5. The molecule has 17 heavy (non-hydrogen) atoms. The van der Waals surface area contributed by atoms with Crippen molar-refractivity contribution >= 4 is 33.2 Å². The Morgan fingerprint density at radius 1 is 1.59 bits per heavy atom. The second-order valence-electron chi connectivity index (χ2n) is 4.76. The van der Waals surface area contributed by atoms with E-state index in [4.69, 9.17) is 0 Å². The fourth-order valence-electron chi connectivity index (χ4n) is 2.21. The van der Waals surface area contributed by atoms with Crippen LogP contribution in [0.15, 0.2) is 6.07 Å². The molecule has 0 N–H and O–H groups in total. The maximum absolute atomic E-state index is 12.3. The van der Waals surface area contributed by atoms with Crippen LogP contribution in [-0.4, -0.2) is 29.2 Å². The molecule has 94 valence electrons. The molecular weight excluding hydrogens is 298 g/mol. The first-order valence-electron chi connectivity index (χ1n) is 6.04. The third-order valence-electron chi connectivity index (χ3n) is 3.40. The number of carbonyl (C=O) groups is 1. The van der Waals surface area contributed by atoms with Crippen molar-refractivity contribution in [3.63, 3.8) is 0 Å². The second kappa shape index (κ2) is 5.53. The molecule has 1 atom stereocenters. The van der Waals surface area contributed by atoms with Gasteiger partial charge in [-0.2, -0.15) is 0 Å². The molecule has 1 amide bonds. The van der Waals surface area contributed by atoms with Crippen molar-refractivity contribution in [3.05, 3.63) is 21.4 Å². The van der Waals surface area contributed by atoms with Gasteiger partial charge in [0.15, 0.2) is 0 Å². The number of hydrogen-bond acceptors (Lipinski definition) is 2. The summed E-state index contributed by atoms with van der Waals surface area (Å²) in [7, 11) is 0. The smallest absolute Gasteiger partial charge is 0.263 e. The molecule has 1 fully saturated rings. The van der Waals surface area contributed by atoms with Crippen LogP contribution in [0, 0.1) is 19.8 Å². The molecule has 1 aromatic rings.